The molecule has 0 radical (unpaired) electrons. The molecule has 1 unspecified atom stereocenters. The van der Waals surface area contributed by atoms with E-state index < -0.39 is 12.1 Å². The molecule has 2 aromatic carbocycles. The van der Waals surface area contributed by atoms with Gasteiger partial charge in [0.15, 0.2) is 6.10 Å². The quantitative estimate of drug-likeness (QED) is 0.889. The number of aromatic carboxylic acids is 1. The first-order chi connectivity index (χ1) is 12.0. The van der Waals surface area contributed by atoms with Crippen LogP contribution in [0.2, 0.25) is 0 Å². The van der Waals surface area contributed by atoms with Crippen LogP contribution in [-0.2, 0) is 9.59 Å². The van der Waals surface area contributed by atoms with Crippen LogP contribution in [0.3, 0.4) is 0 Å². The van der Waals surface area contributed by atoms with E-state index in [-0.39, 0.29) is 29.7 Å². The molecule has 0 fully saturated rings. The van der Waals surface area contributed by atoms with E-state index in [0.29, 0.717) is 11.4 Å². The third-order valence-electron chi connectivity index (χ3n) is 3.77. The average molecular weight is 340 g/mol. The van der Waals surface area contributed by atoms with E-state index in [4.69, 9.17) is 9.84 Å². The van der Waals surface area contributed by atoms with Crippen molar-refractivity contribution in [3.63, 3.8) is 0 Å². The molecule has 0 saturated carbocycles. The third-order valence-corrected chi connectivity index (χ3v) is 3.77. The van der Waals surface area contributed by atoms with Gasteiger partial charge in [-0.1, -0.05) is 18.2 Å². The fourth-order valence-corrected chi connectivity index (χ4v) is 2.57. The lowest BCUT2D eigenvalue weighted by atomic mass is 10.1. The molecule has 1 atom stereocenters. The molecule has 0 aromatic heterocycles. The number of carboxylic acids is 1. The van der Waals surface area contributed by atoms with E-state index >= 15 is 0 Å². The molecule has 0 bridgehead atoms. The van der Waals surface area contributed by atoms with Crippen LogP contribution in [0.5, 0.6) is 5.75 Å². The van der Waals surface area contributed by atoms with Gasteiger partial charge in [-0.2, -0.15) is 0 Å². The number of nitrogens with zero attached hydrogens (tertiary/aromatic N) is 1. The number of fused-ring (bicyclic) bond motifs is 1. The number of carbonyl (C=O) groups is 3. The van der Waals surface area contributed by atoms with Gasteiger partial charge in [-0.15, -0.1) is 0 Å². The summed E-state index contributed by atoms with van der Waals surface area (Å²) in [5.74, 6) is -1.55. The van der Waals surface area contributed by atoms with Gasteiger partial charge >= 0.3 is 5.97 Å². The summed E-state index contributed by atoms with van der Waals surface area (Å²) in [5.41, 5.74) is 1.05. The second-order valence-corrected chi connectivity index (χ2v) is 5.59. The van der Waals surface area contributed by atoms with E-state index in [2.05, 4.69) is 5.32 Å². The zero-order valence-electron chi connectivity index (χ0n) is 13.4. The molecule has 1 heterocycles. The smallest absolute Gasteiger partial charge is 0.335 e. The fourth-order valence-electron chi connectivity index (χ4n) is 2.57. The number of rotatable bonds is 4. The minimum atomic E-state index is -1.09. The van der Waals surface area contributed by atoms with Crippen molar-refractivity contribution in [3.8, 4) is 5.75 Å². The Morgan fingerprint density at radius 3 is 2.60 bits per heavy atom. The molecule has 0 aliphatic carbocycles. The summed E-state index contributed by atoms with van der Waals surface area (Å²) in [4.78, 5) is 37.1. The molecule has 128 valence electrons. The van der Waals surface area contributed by atoms with Gasteiger partial charge in [0, 0.05) is 5.69 Å². The Balaban J connectivity index is 1.84. The second-order valence-electron chi connectivity index (χ2n) is 5.59. The van der Waals surface area contributed by atoms with Crippen LogP contribution in [0.15, 0.2) is 48.5 Å². The van der Waals surface area contributed by atoms with Gasteiger partial charge in [-0.3, -0.25) is 14.5 Å². The van der Waals surface area contributed by atoms with E-state index in [1.807, 2.05) is 6.07 Å². The number of benzene rings is 2. The average Bonchev–Trinajstić information content (AvgIpc) is 2.59. The van der Waals surface area contributed by atoms with Crippen LogP contribution >= 0.6 is 0 Å². The molecule has 2 N–H and O–H groups in total. The SMILES string of the molecule is CC1Oc2cc(C(=O)O)ccc2N(CC(=O)Nc2ccccc2)C1=O. The van der Waals surface area contributed by atoms with Gasteiger partial charge < -0.3 is 15.2 Å². The molecule has 2 aromatic rings. The molecule has 1 aliphatic heterocycles. The van der Waals surface area contributed by atoms with Crippen molar-refractivity contribution in [1.29, 1.82) is 0 Å². The normalized spacial score (nSPS) is 16.0. The molecule has 7 heteroatoms. The lowest BCUT2D eigenvalue weighted by molar-refractivity contribution is -0.127. The largest absolute Gasteiger partial charge is 0.479 e. The molecular formula is C18H16N2O5. The van der Waals surface area contributed by atoms with E-state index in [0.717, 1.165) is 0 Å². The Hall–Kier alpha value is -3.35. The summed E-state index contributed by atoms with van der Waals surface area (Å²) in [5, 5.41) is 11.8. The van der Waals surface area contributed by atoms with Crippen LogP contribution in [-0.4, -0.2) is 35.5 Å². The van der Waals surface area contributed by atoms with E-state index in [1.54, 1.807) is 31.2 Å². The van der Waals surface area contributed by atoms with E-state index in [9.17, 15) is 14.4 Å². The Bertz CT molecular complexity index is 835. The summed E-state index contributed by atoms with van der Waals surface area (Å²) in [6, 6.07) is 13.1. The highest BCUT2D eigenvalue weighted by molar-refractivity contribution is 6.06. The maximum Gasteiger partial charge on any atom is 0.335 e. The Kier molecular flexibility index (Phi) is 4.38. The number of amides is 2. The standard InChI is InChI=1S/C18H16N2O5/c1-11-17(22)20(10-16(21)19-13-5-3-2-4-6-13)14-8-7-12(18(23)24)9-15(14)25-11/h2-9,11H,10H2,1H3,(H,19,21)(H,23,24). The van der Waals surface area contributed by atoms with Gasteiger partial charge in [0.05, 0.1) is 11.3 Å². The van der Waals surface area contributed by atoms with Crippen LogP contribution in [0, 0.1) is 0 Å². The summed E-state index contributed by atoms with van der Waals surface area (Å²) in [7, 11) is 0. The predicted octanol–water partition coefficient (Wildman–Crippen LogP) is 2.14. The number of carbonyl (C=O) groups excluding carboxylic acids is 2. The Labute approximate surface area is 143 Å². The van der Waals surface area contributed by atoms with Gasteiger partial charge in [0.1, 0.15) is 12.3 Å². The van der Waals surface area contributed by atoms with Gasteiger partial charge in [-0.25, -0.2) is 4.79 Å². The first-order valence-electron chi connectivity index (χ1n) is 7.66. The highest BCUT2D eigenvalue weighted by atomic mass is 16.5. The van der Waals surface area contributed by atoms with Crippen LogP contribution in [0.25, 0.3) is 0 Å². The summed E-state index contributed by atoms with van der Waals surface area (Å²) in [6.07, 6.45) is -0.805. The molecule has 0 spiro atoms. The number of nitrogens with one attached hydrogen (secondary N) is 1. The van der Waals surface area contributed by atoms with Crippen molar-refractivity contribution in [2.24, 2.45) is 0 Å². The van der Waals surface area contributed by atoms with Gasteiger partial charge in [-0.05, 0) is 37.3 Å². The van der Waals surface area contributed by atoms with Crippen LogP contribution < -0.4 is 15.0 Å². The molecular weight excluding hydrogens is 324 g/mol. The first-order valence-corrected chi connectivity index (χ1v) is 7.66. The second kappa shape index (κ2) is 6.64. The predicted molar refractivity (Wildman–Crippen MR) is 90.9 cm³/mol. The lowest BCUT2D eigenvalue weighted by Gasteiger charge is -2.32. The highest BCUT2D eigenvalue weighted by Gasteiger charge is 2.33. The summed E-state index contributed by atoms with van der Waals surface area (Å²) in [6.45, 7) is 1.36. The van der Waals surface area contributed by atoms with Crippen molar-refractivity contribution in [3.05, 3.63) is 54.1 Å². The van der Waals surface area contributed by atoms with Crippen LogP contribution in [0.4, 0.5) is 11.4 Å². The number of ether oxygens (including phenoxy) is 1. The fraction of sp³-hybridized carbons (Fsp3) is 0.167. The number of anilines is 2. The van der Waals surface area contributed by atoms with Crippen LogP contribution in [0.1, 0.15) is 17.3 Å². The molecule has 2 amide bonds. The summed E-state index contributed by atoms with van der Waals surface area (Å²) < 4.78 is 5.48. The highest BCUT2D eigenvalue weighted by Crippen LogP contribution is 2.34. The number of carboxylic acid groups (broad SMARTS) is 1. The van der Waals surface area contributed by atoms with Gasteiger partial charge in [0.2, 0.25) is 5.91 Å². The molecule has 0 saturated heterocycles. The number of para-hydroxylation sites is 1. The molecule has 1 aliphatic rings. The zero-order chi connectivity index (χ0) is 18.0. The van der Waals surface area contributed by atoms with Crippen molar-refractivity contribution in [2.75, 3.05) is 16.8 Å². The maximum atomic E-state index is 12.4. The minimum absolute atomic E-state index is 0.0500. The molecule has 3 rings (SSSR count). The monoisotopic (exact) mass is 340 g/mol. The topological polar surface area (TPSA) is 95.9 Å². The number of hydrogen-bond donors (Lipinski definition) is 2. The minimum Gasteiger partial charge on any atom is -0.479 e. The lowest BCUT2D eigenvalue weighted by Crippen LogP contribution is -2.47. The zero-order valence-corrected chi connectivity index (χ0v) is 13.4. The summed E-state index contributed by atoms with van der Waals surface area (Å²) >= 11 is 0. The van der Waals surface area contributed by atoms with E-state index in [1.165, 1.54) is 23.1 Å². The van der Waals surface area contributed by atoms with Gasteiger partial charge in [0.25, 0.3) is 5.91 Å². The maximum absolute atomic E-state index is 12.4. The van der Waals surface area contributed by atoms with Crippen molar-refractivity contribution >= 4 is 29.2 Å². The van der Waals surface area contributed by atoms with Crippen molar-refractivity contribution < 1.29 is 24.2 Å². The molecule has 7 nitrogen and oxygen atoms in total. The van der Waals surface area contributed by atoms with Crippen molar-refractivity contribution in [2.45, 2.75) is 13.0 Å². The Morgan fingerprint density at radius 2 is 1.92 bits per heavy atom. The Morgan fingerprint density at radius 1 is 1.20 bits per heavy atom. The third kappa shape index (κ3) is 3.45. The van der Waals surface area contributed by atoms with Crippen molar-refractivity contribution in [1.82, 2.24) is 0 Å². The number of hydrogen-bond acceptors (Lipinski definition) is 4. The molecule has 25 heavy (non-hydrogen) atoms. The first kappa shape index (κ1) is 16.5.